The average Bonchev–Trinajstić information content (AvgIpc) is 3.52. The Bertz CT molecular complexity index is 1440. The molecule has 0 radical (unpaired) electrons. The summed E-state index contributed by atoms with van der Waals surface area (Å²) in [4.78, 5) is 31.0. The molecule has 0 aliphatic heterocycles. The number of imidazole rings is 1. The number of anilines is 3. The highest BCUT2D eigenvalue weighted by atomic mass is 32.1. The van der Waals surface area contributed by atoms with Gasteiger partial charge in [0, 0.05) is 12.3 Å². The molecule has 0 aliphatic carbocycles. The van der Waals surface area contributed by atoms with Gasteiger partial charge in [-0.2, -0.15) is 0 Å². The van der Waals surface area contributed by atoms with Crippen LogP contribution in [0.2, 0.25) is 0 Å². The van der Waals surface area contributed by atoms with Crippen LogP contribution in [0.3, 0.4) is 0 Å². The summed E-state index contributed by atoms with van der Waals surface area (Å²) >= 11 is 1.41. The minimum atomic E-state index is -0.0974. The highest BCUT2D eigenvalue weighted by Gasteiger charge is 2.18. The van der Waals surface area contributed by atoms with Gasteiger partial charge in [-0.05, 0) is 19.1 Å². The Balaban J connectivity index is 1.32. The fourth-order valence-corrected chi connectivity index (χ4v) is 4.31. The number of aromatic nitrogens is 8. The number of aryl methyl sites for hydroxylation is 1. The van der Waals surface area contributed by atoms with Crippen molar-refractivity contribution in [1.29, 1.82) is 0 Å². The molecule has 0 spiro atoms. The van der Waals surface area contributed by atoms with Crippen LogP contribution in [-0.2, 0) is 17.9 Å². The van der Waals surface area contributed by atoms with E-state index in [0.29, 0.717) is 35.2 Å². The summed E-state index contributed by atoms with van der Waals surface area (Å²) in [5.41, 5.74) is 10.5. The molecule has 5 aromatic rings. The maximum absolute atomic E-state index is 12.3. The van der Waals surface area contributed by atoms with Crippen LogP contribution in [0.15, 0.2) is 48.5 Å². The van der Waals surface area contributed by atoms with E-state index in [1.54, 1.807) is 15.9 Å². The number of carbonyl (C=O) groups is 1. The molecular weight excluding hydrogens is 440 g/mol. The summed E-state index contributed by atoms with van der Waals surface area (Å²) in [6.45, 7) is 4.42. The first kappa shape index (κ1) is 20.7. The first-order valence-electron chi connectivity index (χ1n) is 10.1. The fraction of sp³-hybridized carbons (Fsp3) is 0.190. The summed E-state index contributed by atoms with van der Waals surface area (Å²) in [6.07, 6.45) is 4.91. The van der Waals surface area contributed by atoms with Gasteiger partial charge in [-0.1, -0.05) is 22.9 Å². The molecule has 33 heavy (non-hydrogen) atoms. The summed E-state index contributed by atoms with van der Waals surface area (Å²) in [5, 5.41) is 11.0. The number of rotatable bonds is 6. The Hall–Kier alpha value is -4.19. The normalized spacial score (nSPS) is 11.2. The highest BCUT2D eigenvalue weighted by molar-refractivity contribution is 7.14. The lowest BCUT2D eigenvalue weighted by Gasteiger charge is -2.18. The van der Waals surface area contributed by atoms with Crippen LogP contribution < -0.4 is 10.6 Å². The Morgan fingerprint density at radius 2 is 1.94 bits per heavy atom. The second-order valence-corrected chi connectivity index (χ2v) is 8.36. The van der Waals surface area contributed by atoms with Crippen molar-refractivity contribution in [1.82, 2.24) is 39.5 Å². The van der Waals surface area contributed by atoms with Crippen LogP contribution in [0.4, 0.5) is 16.6 Å². The highest BCUT2D eigenvalue weighted by Crippen LogP contribution is 2.29. The zero-order valence-corrected chi connectivity index (χ0v) is 18.8. The molecule has 0 atom stereocenters. The number of thiazole rings is 1. The van der Waals surface area contributed by atoms with Crippen molar-refractivity contribution in [2.24, 2.45) is 0 Å². The second-order valence-electron chi connectivity index (χ2n) is 7.52. The van der Waals surface area contributed by atoms with Crippen molar-refractivity contribution < 1.29 is 4.79 Å². The number of benzene rings is 1. The molecule has 5 rings (SSSR count). The molecule has 0 saturated heterocycles. The molecule has 0 bridgehead atoms. The van der Waals surface area contributed by atoms with Gasteiger partial charge in [-0.25, -0.2) is 24.6 Å². The number of nitrogen functional groups attached to an aromatic ring is 1. The molecule has 2 N–H and O–H groups in total. The number of amides is 1. The monoisotopic (exact) mass is 460 g/mol. The molecule has 11 nitrogen and oxygen atoms in total. The predicted octanol–water partition coefficient (Wildman–Crippen LogP) is 2.55. The zero-order chi connectivity index (χ0) is 22.9. The lowest BCUT2D eigenvalue weighted by atomic mass is 10.2. The van der Waals surface area contributed by atoms with Crippen LogP contribution in [0.25, 0.3) is 11.2 Å². The second kappa shape index (κ2) is 8.39. The maximum atomic E-state index is 12.3. The van der Waals surface area contributed by atoms with E-state index < -0.39 is 0 Å². The molecule has 166 valence electrons. The van der Waals surface area contributed by atoms with Crippen LogP contribution in [-0.4, -0.2) is 45.4 Å². The lowest BCUT2D eigenvalue weighted by Crippen LogP contribution is -2.22. The van der Waals surface area contributed by atoms with Crippen molar-refractivity contribution in [3.63, 3.8) is 0 Å². The van der Waals surface area contributed by atoms with E-state index in [9.17, 15) is 4.79 Å². The number of nitrogens with zero attached hydrogens (tertiary/aromatic N) is 9. The minimum Gasteiger partial charge on any atom is -0.382 e. The largest absolute Gasteiger partial charge is 0.382 e. The third kappa shape index (κ3) is 4.15. The Morgan fingerprint density at radius 1 is 1.12 bits per heavy atom. The van der Waals surface area contributed by atoms with Gasteiger partial charge in [-0.15, -0.1) is 16.4 Å². The molecule has 1 aromatic carbocycles. The van der Waals surface area contributed by atoms with Crippen LogP contribution in [0.1, 0.15) is 23.9 Å². The van der Waals surface area contributed by atoms with E-state index in [2.05, 4.69) is 30.2 Å². The third-order valence-corrected chi connectivity index (χ3v) is 5.88. The van der Waals surface area contributed by atoms with Gasteiger partial charge in [-0.3, -0.25) is 9.69 Å². The number of hydrogen-bond acceptors (Lipinski definition) is 9. The van der Waals surface area contributed by atoms with Gasteiger partial charge in [0.15, 0.2) is 16.6 Å². The van der Waals surface area contributed by atoms with Gasteiger partial charge < -0.3 is 10.3 Å². The Labute approximate surface area is 192 Å². The van der Waals surface area contributed by atoms with Crippen molar-refractivity contribution in [2.45, 2.75) is 26.9 Å². The Morgan fingerprint density at radius 3 is 2.73 bits per heavy atom. The molecule has 0 fully saturated rings. The SMILES string of the molecule is CC(=O)N(c1ccc(C)cc1)c1nc(Cn2cc(Cn3cnc4c(N)ncnc43)nn2)cs1. The van der Waals surface area contributed by atoms with E-state index in [-0.39, 0.29) is 5.91 Å². The van der Waals surface area contributed by atoms with E-state index in [1.165, 1.54) is 24.6 Å². The molecule has 0 unspecified atom stereocenters. The van der Waals surface area contributed by atoms with Crippen molar-refractivity contribution in [3.8, 4) is 0 Å². The van der Waals surface area contributed by atoms with Crippen LogP contribution >= 0.6 is 11.3 Å². The van der Waals surface area contributed by atoms with Crippen molar-refractivity contribution >= 4 is 45.0 Å². The molecule has 0 saturated carbocycles. The van der Waals surface area contributed by atoms with Crippen LogP contribution in [0.5, 0.6) is 0 Å². The summed E-state index contributed by atoms with van der Waals surface area (Å²) in [5.74, 6) is 0.242. The number of carbonyl (C=O) groups excluding carboxylic acids is 1. The van der Waals surface area contributed by atoms with Gasteiger partial charge in [0.25, 0.3) is 0 Å². The topological polar surface area (TPSA) is 134 Å². The third-order valence-electron chi connectivity index (χ3n) is 5.01. The summed E-state index contributed by atoms with van der Waals surface area (Å²) in [6, 6.07) is 7.78. The number of hydrogen-bond donors (Lipinski definition) is 1. The molecule has 12 heteroatoms. The molecular formula is C21H20N10OS. The first-order valence-corrected chi connectivity index (χ1v) is 11.0. The van der Waals surface area contributed by atoms with Gasteiger partial charge in [0.05, 0.1) is 37.0 Å². The smallest absolute Gasteiger partial charge is 0.230 e. The molecule has 4 heterocycles. The van der Waals surface area contributed by atoms with Crippen LogP contribution in [0, 0.1) is 6.92 Å². The quantitative estimate of drug-likeness (QED) is 0.409. The fourth-order valence-electron chi connectivity index (χ4n) is 3.44. The zero-order valence-electron chi connectivity index (χ0n) is 18.0. The van der Waals surface area contributed by atoms with E-state index in [4.69, 9.17) is 5.73 Å². The Kier molecular flexibility index (Phi) is 5.26. The van der Waals surface area contributed by atoms with Crippen molar-refractivity contribution in [3.05, 3.63) is 65.4 Å². The van der Waals surface area contributed by atoms with E-state index in [0.717, 1.165) is 22.6 Å². The predicted molar refractivity (Wildman–Crippen MR) is 124 cm³/mol. The number of nitrogens with two attached hydrogens (primary N) is 1. The summed E-state index contributed by atoms with van der Waals surface area (Å²) < 4.78 is 3.55. The van der Waals surface area contributed by atoms with E-state index in [1.807, 2.05) is 47.3 Å². The number of fused-ring (bicyclic) bond motifs is 1. The van der Waals surface area contributed by atoms with Gasteiger partial charge in [0.1, 0.15) is 17.5 Å². The summed E-state index contributed by atoms with van der Waals surface area (Å²) in [7, 11) is 0. The van der Waals surface area contributed by atoms with Gasteiger partial charge in [0.2, 0.25) is 5.91 Å². The molecule has 4 aromatic heterocycles. The van der Waals surface area contributed by atoms with Crippen molar-refractivity contribution in [2.75, 3.05) is 10.6 Å². The average molecular weight is 461 g/mol. The molecule has 0 aliphatic rings. The minimum absolute atomic E-state index is 0.0974. The molecule has 1 amide bonds. The standard InChI is InChI=1S/C21H20N10OS/c1-13-3-5-17(6-4-13)31(14(2)32)21-26-16(10-33-21)9-30-8-15(27-28-30)7-29-12-25-18-19(22)23-11-24-20(18)29/h3-6,8,10-12H,7,9H2,1-2H3,(H2,22,23,24). The lowest BCUT2D eigenvalue weighted by molar-refractivity contribution is -0.115. The van der Waals surface area contributed by atoms with Gasteiger partial charge >= 0.3 is 0 Å². The maximum Gasteiger partial charge on any atom is 0.230 e. The van der Waals surface area contributed by atoms with E-state index >= 15 is 0 Å². The first-order chi connectivity index (χ1) is 16.0.